The fourth-order valence-electron chi connectivity index (χ4n) is 3.86. The molecule has 8 heteroatoms. The molecule has 2 fully saturated rings. The highest BCUT2D eigenvalue weighted by Gasteiger charge is 2.29. The van der Waals surface area contributed by atoms with E-state index in [0.717, 1.165) is 38.1 Å². The van der Waals surface area contributed by atoms with E-state index < -0.39 is 12.4 Å². The summed E-state index contributed by atoms with van der Waals surface area (Å²) in [5.74, 6) is 0.221. The van der Waals surface area contributed by atoms with Gasteiger partial charge in [0.2, 0.25) is 0 Å². The summed E-state index contributed by atoms with van der Waals surface area (Å²) >= 11 is 0. The van der Waals surface area contributed by atoms with Gasteiger partial charge in [-0.2, -0.15) is 8.78 Å². The van der Waals surface area contributed by atoms with Gasteiger partial charge in [-0.15, -0.1) is 0 Å². The van der Waals surface area contributed by atoms with Crippen molar-refractivity contribution in [2.24, 2.45) is 11.8 Å². The third-order valence-corrected chi connectivity index (χ3v) is 5.18. The SMILES string of the molecule is O=C(Nc1cc(F)cc(OC(F)F)c1)N1CCC(C2CCCNC2)CC1. The van der Waals surface area contributed by atoms with Gasteiger partial charge in [0.1, 0.15) is 11.6 Å². The van der Waals surface area contributed by atoms with E-state index in [-0.39, 0.29) is 17.5 Å². The highest BCUT2D eigenvalue weighted by Crippen LogP contribution is 2.30. The van der Waals surface area contributed by atoms with Gasteiger partial charge in [-0.3, -0.25) is 0 Å². The van der Waals surface area contributed by atoms with Gasteiger partial charge in [-0.1, -0.05) is 0 Å². The van der Waals surface area contributed by atoms with Crippen molar-refractivity contribution < 1.29 is 22.7 Å². The lowest BCUT2D eigenvalue weighted by atomic mass is 9.80. The fourth-order valence-corrected chi connectivity index (χ4v) is 3.86. The van der Waals surface area contributed by atoms with Crippen LogP contribution >= 0.6 is 0 Å². The second kappa shape index (κ2) is 8.62. The number of piperidine rings is 2. The summed E-state index contributed by atoms with van der Waals surface area (Å²) in [7, 11) is 0. The molecule has 0 bridgehead atoms. The molecule has 2 amide bonds. The number of carbonyl (C=O) groups excluding carboxylic acids is 1. The van der Waals surface area contributed by atoms with Gasteiger partial charge in [0, 0.05) is 30.9 Å². The van der Waals surface area contributed by atoms with Crippen molar-refractivity contribution in [3.05, 3.63) is 24.0 Å². The zero-order valence-corrected chi connectivity index (χ0v) is 14.5. The Morgan fingerprint density at radius 3 is 2.62 bits per heavy atom. The van der Waals surface area contributed by atoms with Crippen LogP contribution < -0.4 is 15.4 Å². The van der Waals surface area contributed by atoms with Crippen LogP contribution in [0.25, 0.3) is 0 Å². The van der Waals surface area contributed by atoms with Crippen LogP contribution in [0.5, 0.6) is 5.75 Å². The number of halogens is 3. The highest BCUT2D eigenvalue weighted by molar-refractivity contribution is 5.89. The molecule has 3 rings (SSSR count). The van der Waals surface area contributed by atoms with Crippen molar-refractivity contribution >= 4 is 11.7 Å². The zero-order valence-electron chi connectivity index (χ0n) is 14.5. The third kappa shape index (κ3) is 5.03. The van der Waals surface area contributed by atoms with Gasteiger partial charge in [-0.25, -0.2) is 9.18 Å². The number of nitrogens with one attached hydrogen (secondary N) is 2. The molecule has 0 spiro atoms. The summed E-state index contributed by atoms with van der Waals surface area (Å²) in [5, 5.41) is 6.00. The smallest absolute Gasteiger partial charge is 0.387 e. The van der Waals surface area contributed by atoms with E-state index in [9.17, 15) is 18.0 Å². The zero-order chi connectivity index (χ0) is 18.5. The lowest BCUT2D eigenvalue weighted by Gasteiger charge is -2.37. The molecule has 2 aliphatic heterocycles. The van der Waals surface area contributed by atoms with Crippen LogP contribution in [0.3, 0.4) is 0 Å². The lowest BCUT2D eigenvalue weighted by Crippen LogP contribution is -2.44. The topological polar surface area (TPSA) is 53.6 Å². The molecule has 2 aliphatic rings. The fraction of sp³-hybridized carbons (Fsp3) is 0.611. The van der Waals surface area contributed by atoms with E-state index in [2.05, 4.69) is 15.4 Å². The summed E-state index contributed by atoms with van der Waals surface area (Å²) in [5.41, 5.74) is 0.101. The average Bonchev–Trinajstić information content (AvgIpc) is 2.61. The molecule has 1 atom stereocenters. The number of rotatable bonds is 4. The Bertz CT molecular complexity index is 616. The second-order valence-corrected chi connectivity index (χ2v) is 6.92. The Morgan fingerprint density at radius 2 is 1.96 bits per heavy atom. The minimum atomic E-state index is -3.05. The molecule has 0 aromatic heterocycles. The van der Waals surface area contributed by atoms with Crippen LogP contribution in [0, 0.1) is 17.7 Å². The van der Waals surface area contributed by atoms with Gasteiger partial charge in [0.15, 0.2) is 0 Å². The van der Waals surface area contributed by atoms with Gasteiger partial charge >= 0.3 is 12.6 Å². The van der Waals surface area contributed by atoms with Gasteiger partial charge in [0.25, 0.3) is 0 Å². The summed E-state index contributed by atoms with van der Waals surface area (Å²) in [6.45, 7) is 0.370. The van der Waals surface area contributed by atoms with Crippen molar-refractivity contribution in [3.8, 4) is 5.75 Å². The number of urea groups is 1. The van der Waals surface area contributed by atoms with Crippen LogP contribution in [-0.2, 0) is 0 Å². The molecular formula is C18H24F3N3O2. The normalized spacial score (nSPS) is 21.7. The number of amides is 2. The van der Waals surface area contributed by atoms with Crippen molar-refractivity contribution in [2.75, 3.05) is 31.5 Å². The summed E-state index contributed by atoms with van der Waals surface area (Å²) in [4.78, 5) is 14.1. The summed E-state index contributed by atoms with van der Waals surface area (Å²) in [6, 6.07) is 2.77. The maximum Gasteiger partial charge on any atom is 0.387 e. The first kappa shape index (κ1) is 18.8. The Morgan fingerprint density at radius 1 is 1.19 bits per heavy atom. The number of alkyl halides is 2. The average molecular weight is 371 g/mol. The van der Waals surface area contributed by atoms with Crippen LogP contribution in [0.15, 0.2) is 18.2 Å². The van der Waals surface area contributed by atoms with E-state index in [1.54, 1.807) is 4.90 Å². The predicted octanol–water partition coefficient (Wildman–Crippen LogP) is 3.67. The molecule has 2 heterocycles. The van der Waals surface area contributed by atoms with E-state index >= 15 is 0 Å². The van der Waals surface area contributed by atoms with Crippen LogP contribution in [0.4, 0.5) is 23.7 Å². The lowest BCUT2D eigenvalue weighted by molar-refractivity contribution is -0.0499. The molecule has 1 aromatic carbocycles. The van der Waals surface area contributed by atoms with Crippen molar-refractivity contribution in [3.63, 3.8) is 0 Å². The maximum atomic E-state index is 13.5. The van der Waals surface area contributed by atoms with Crippen LogP contribution in [0.1, 0.15) is 25.7 Å². The van der Waals surface area contributed by atoms with Crippen LogP contribution in [0.2, 0.25) is 0 Å². The number of ether oxygens (including phenoxy) is 1. The first-order valence-electron chi connectivity index (χ1n) is 9.03. The van der Waals surface area contributed by atoms with Gasteiger partial charge < -0.3 is 20.3 Å². The molecule has 1 unspecified atom stereocenters. The molecule has 2 saturated heterocycles. The Kier molecular flexibility index (Phi) is 6.24. The van der Waals surface area contributed by atoms with Crippen molar-refractivity contribution in [2.45, 2.75) is 32.3 Å². The van der Waals surface area contributed by atoms with Crippen molar-refractivity contribution in [1.29, 1.82) is 0 Å². The molecule has 144 valence electrons. The number of hydrogen-bond donors (Lipinski definition) is 2. The number of benzene rings is 1. The number of likely N-dealkylation sites (tertiary alicyclic amines) is 1. The second-order valence-electron chi connectivity index (χ2n) is 6.92. The third-order valence-electron chi connectivity index (χ3n) is 5.18. The molecule has 0 aliphatic carbocycles. The molecular weight excluding hydrogens is 347 g/mol. The number of anilines is 1. The minimum absolute atomic E-state index is 0.101. The molecule has 2 N–H and O–H groups in total. The Balaban J connectivity index is 1.53. The first-order valence-corrected chi connectivity index (χ1v) is 9.03. The molecule has 0 saturated carbocycles. The van der Waals surface area contributed by atoms with E-state index in [1.807, 2.05) is 0 Å². The van der Waals surface area contributed by atoms with E-state index in [0.29, 0.717) is 24.9 Å². The highest BCUT2D eigenvalue weighted by atomic mass is 19.3. The first-order chi connectivity index (χ1) is 12.5. The Hall–Kier alpha value is -1.96. The molecule has 5 nitrogen and oxygen atoms in total. The largest absolute Gasteiger partial charge is 0.435 e. The number of nitrogens with zero attached hydrogens (tertiary/aromatic N) is 1. The van der Waals surface area contributed by atoms with E-state index in [4.69, 9.17) is 0 Å². The van der Waals surface area contributed by atoms with E-state index in [1.165, 1.54) is 18.9 Å². The van der Waals surface area contributed by atoms with Gasteiger partial charge in [0.05, 0.1) is 0 Å². The monoisotopic (exact) mass is 371 g/mol. The quantitative estimate of drug-likeness (QED) is 0.849. The molecule has 1 aromatic rings. The molecule has 26 heavy (non-hydrogen) atoms. The molecule has 0 radical (unpaired) electrons. The van der Waals surface area contributed by atoms with Crippen LogP contribution in [-0.4, -0.2) is 43.7 Å². The number of hydrogen-bond acceptors (Lipinski definition) is 3. The maximum absolute atomic E-state index is 13.5. The number of carbonyl (C=O) groups is 1. The standard InChI is InChI=1S/C18H24F3N3O2/c19-14-8-15(10-16(9-14)26-17(20)21)23-18(25)24-6-3-12(4-7-24)13-2-1-5-22-11-13/h8-10,12-13,17,22H,1-7,11H2,(H,23,25). The Labute approximate surface area is 150 Å². The van der Waals surface area contributed by atoms with Gasteiger partial charge in [-0.05, 0) is 56.7 Å². The predicted molar refractivity (Wildman–Crippen MR) is 91.9 cm³/mol. The summed E-state index contributed by atoms with van der Waals surface area (Å²) in [6.07, 6.45) is 4.33. The van der Waals surface area contributed by atoms with Crippen molar-refractivity contribution in [1.82, 2.24) is 10.2 Å². The summed E-state index contributed by atoms with van der Waals surface area (Å²) < 4.78 is 42.3. The minimum Gasteiger partial charge on any atom is -0.435 e.